The molecule has 0 radical (unpaired) electrons. The summed E-state index contributed by atoms with van der Waals surface area (Å²) in [6, 6.07) is 14.1. The molecule has 4 aromatic rings. The Morgan fingerprint density at radius 3 is 2.62 bits per heavy atom. The molecule has 8 heteroatoms. The lowest BCUT2D eigenvalue weighted by molar-refractivity contribution is -0.154. The Kier molecular flexibility index (Phi) is 5.35. The summed E-state index contributed by atoms with van der Waals surface area (Å²) in [6.07, 6.45) is 2.41. The van der Waals surface area contributed by atoms with E-state index >= 15 is 0 Å². The number of amides is 1. The van der Waals surface area contributed by atoms with Gasteiger partial charge in [0.25, 0.3) is 5.91 Å². The molecule has 0 aliphatic carbocycles. The van der Waals surface area contributed by atoms with Gasteiger partial charge in [-0.25, -0.2) is 9.37 Å². The first kappa shape index (κ1) is 18.8. The highest BCUT2D eigenvalue weighted by Gasteiger charge is 2.25. The number of fused-ring (bicyclic) bond motifs is 1. The maximum absolute atomic E-state index is 13.1. The fourth-order valence-electron chi connectivity index (χ4n) is 2.82. The van der Waals surface area contributed by atoms with Crippen molar-refractivity contribution in [1.82, 2.24) is 9.38 Å². The maximum atomic E-state index is 13.1. The van der Waals surface area contributed by atoms with E-state index in [1.54, 1.807) is 36.5 Å². The molecule has 6 nitrogen and oxygen atoms in total. The molecular weight excluding hydrogens is 393 g/mol. The van der Waals surface area contributed by atoms with Crippen LogP contribution in [0.25, 0.3) is 4.96 Å². The Morgan fingerprint density at radius 1 is 1.14 bits per heavy atom. The first-order valence-corrected chi connectivity index (χ1v) is 9.68. The molecule has 4 rings (SSSR count). The molecule has 0 saturated heterocycles. The number of thiazole rings is 1. The van der Waals surface area contributed by atoms with Crippen molar-refractivity contribution in [3.8, 4) is 0 Å². The van der Waals surface area contributed by atoms with Gasteiger partial charge in [-0.1, -0.05) is 30.3 Å². The van der Waals surface area contributed by atoms with Crippen LogP contribution >= 0.6 is 11.3 Å². The number of carbonyl (C=O) groups is 2. The number of anilines is 1. The number of nitrogens with zero attached hydrogens (tertiary/aromatic N) is 2. The molecule has 1 unspecified atom stereocenters. The van der Waals surface area contributed by atoms with Crippen LogP contribution in [0.1, 0.15) is 17.4 Å². The molecule has 2 aromatic carbocycles. The topological polar surface area (TPSA) is 72.7 Å². The monoisotopic (exact) mass is 409 g/mol. The molecule has 0 aliphatic rings. The molecule has 2 aromatic heterocycles. The Labute approximate surface area is 169 Å². The van der Waals surface area contributed by atoms with E-state index in [0.29, 0.717) is 16.9 Å². The van der Waals surface area contributed by atoms with Gasteiger partial charge in [0.15, 0.2) is 4.96 Å². The van der Waals surface area contributed by atoms with Gasteiger partial charge in [-0.2, -0.15) is 0 Å². The summed E-state index contributed by atoms with van der Waals surface area (Å²) in [5.41, 5.74) is 1.50. The zero-order chi connectivity index (χ0) is 20.2. The fourth-order valence-corrected chi connectivity index (χ4v) is 3.54. The zero-order valence-electron chi connectivity index (χ0n) is 15.1. The Hall–Kier alpha value is -3.52. The van der Waals surface area contributed by atoms with Crippen molar-refractivity contribution in [2.75, 3.05) is 5.32 Å². The number of benzene rings is 2. The van der Waals surface area contributed by atoms with Crippen molar-refractivity contribution in [2.24, 2.45) is 0 Å². The lowest BCUT2D eigenvalue weighted by Crippen LogP contribution is -2.26. The van der Waals surface area contributed by atoms with Crippen LogP contribution in [0.2, 0.25) is 0 Å². The molecule has 0 aliphatic heterocycles. The summed E-state index contributed by atoms with van der Waals surface area (Å²) >= 11 is 1.46. The standard InChI is InChI=1S/C21H16FN3O3S/c22-15-6-8-16(9-7-15)23-20(27)19(14-4-2-1-3-5-14)28-18(26)12-17-13-25-10-11-29-21(25)24-17/h1-11,13,19H,12H2,(H,23,27). The van der Waals surface area contributed by atoms with E-state index in [-0.39, 0.29) is 6.42 Å². The second kappa shape index (κ2) is 8.24. The Morgan fingerprint density at radius 2 is 1.90 bits per heavy atom. The van der Waals surface area contributed by atoms with Gasteiger partial charge >= 0.3 is 5.97 Å². The number of imidazole rings is 1. The lowest BCUT2D eigenvalue weighted by atomic mass is 10.1. The number of aromatic nitrogens is 2. The first-order chi connectivity index (χ1) is 14.1. The Balaban J connectivity index is 1.50. The quantitative estimate of drug-likeness (QED) is 0.489. The SMILES string of the molecule is O=C(Cc1cn2ccsc2n1)OC(C(=O)Nc1ccc(F)cc1)c1ccccc1. The van der Waals surface area contributed by atoms with Gasteiger partial charge in [0.05, 0.1) is 12.1 Å². The van der Waals surface area contributed by atoms with E-state index in [2.05, 4.69) is 10.3 Å². The lowest BCUT2D eigenvalue weighted by Gasteiger charge is -2.18. The van der Waals surface area contributed by atoms with Gasteiger partial charge < -0.3 is 10.1 Å². The van der Waals surface area contributed by atoms with Gasteiger partial charge in [0.1, 0.15) is 5.82 Å². The predicted octanol–water partition coefficient (Wildman–Crippen LogP) is 4.00. The third-order valence-corrected chi connectivity index (χ3v) is 4.94. The minimum absolute atomic E-state index is 0.0540. The van der Waals surface area contributed by atoms with Gasteiger partial charge in [-0.3, -0.25) is 14.0 Å². The Bertz CT molecular complexity index is 1110. The molecule has 0 bridgehead atoms. The summed E-state index contributed by atoms with van der Waals surface area (Å²) < 4.78 is 20.4. The number of hydrogen-bond donors (Lipinski definition) is 1. The van der Waals surface area contributed by atoms with Crippen LogP contribution < -0.4 is 5.32 Å². The number of halogens is 1. The van der Waals surface area contributed by atoms with Gasteiger partial charge in [0.2, 0.25) is 6.10 Å². The van der Waals surface area contributed by atoms with Crippen LogP contribution in [0.3, 0.4) is 0 Å². The highest BCUT2D eigenvalue weighted by atomic mass is 32.1. The molecule has 0 saturated carbocycles. The van der Waals surface area contributed by atoms with Crippen molar-refractivity contribution in [2.45, 2.75) is 12.5 Å². The summed E-state index contributed by atoms with van der Waals surface area (Å²) in [5.74, 6) is -1.50. The van der Waals surface area contributed by atoms with Gasteiger partial charge in [-0.05, 0) is 24.3 Å². The third kappa shape index (κ3) is 4.49. The second-order valence-electron chi connectivity index (χ2n) is 6.28. The smallest absolute Gasteiger partial charge is 0.313 e. The number of ether oxygens (including phenoxy) is 1. The summed E-state index contributed by atoms with van der Waals surface area (Å²) in [4.78, 5) is 30.4. The average Bonchev–Trinajstić information content (AvgIpc) is 3.30. The van der Waals surface area contributed by atoms with Crippen LogP contribution in [-0.4, -0.2) is 21.3 Å². The van der Waals surface area contributed by atoms with Crippen molar-refractivity contribution < 1.29 is 18.7 Å². The number of esters is 1. The minimum Gasteiger partial charge on any atom is -0.447 e. The van der Waals surface area contributed by atoms with Crippen molar-refractivity contribution in [1.29, 1.82) is 0 Å². The van der Waals surface area contributed by atoms with Crippen molar-refractivity contribution >= 4 is 33.9 Å². The number of rotatable bonds is 6. The summed E-state index contributed by atoms with van der Waals surface area (Å²) in [7, 11) is 0. The number of nitrogens with one attached hydrogen (secondary N) is 1. The van der Waals surface area contributed by atoms with Crippen molar-refractivity contribution in [3.63, 3.8) is 0 Å². The largest absolute Gasteiger partial charge is 0.447 e. The van der Waals surface area contributed by atoms with E-state index in [9.17, 15) is 14.0 Å². The maximum Gasteiger partial charge on any atom is 0.313 e. The van der Waals surface area contributed by atoms with Crippen LogP contribution in [0.4, 0.5) is 10.1 Å². The second-order valence-corrected chi connectivity index (χ2v) is 7.15. The van der Waals surface area contributed by atoms with Crippen molar-refractivity contribution in [3.05, 3.63) is 89.4 Å². The van der Waals surface area contributed by atoms with E-state index < -0.39 is 23.8 Å². The molecule has 146 valence electrons. The molecule has 1 N–H and O–H groups in total. The minimum atomic E-state index is -1.14. The van der Waals surface area contributed by atoms with Crippen LogP contribution in [0, 0.1) is 5.82 Å². The van der Waals surface area contributed by atoms with Gasteiger partial charge in [0, 0.05) is 29.0 Å². The molecular formula is C21H16FN3O3S. The van der Waals surface area contributed by atoms with E-state index in [1.807, 2.05) is 16.0 Å². The molecule has 0 spiro atoms. The number of carbonyl (C=O) groups excluding carboxylic acids is 2. The molecule has 2 heterocycles. The molecule has 1 amide bonds. The highest BCUT2D eigenvalue weighted by molar-refractivity contribution is 7.15. The first-order valence-electron chi connectivity index (χ1n) is 8.80. The van der Waals surface area contributed by atoms with Crippen LogP contribution in [-0.2, 0) is 20.7 Å². The predicted molar refractivity (Wildman–Crippen MR) is 107 cm³/mol. The van der Waals surface area contributed by atoms with Crippen LogP contribution in [0.5, 0.6) is 0 Å². The normalized spacial score (nSPS) is 11.9. The fraction of sp³-hybridized carbons (Fsp3) is 0.0952. The zero-order valence-corrected chi connectivity index (χ0v) is 15.9. The van der Waals surface area contributed by atoms with E-state index in [4.69, 9.17) is 4.74 Å². The third-order valence-electron chi connectivity index (χ3n) is 4.17. The van der Waals surface area contributed by atoms with E-state index in [0.717, 1.165) is 4.96 Å². The molecule has 0 fully saturated rings. The molecule has 29 heavy (non-hydrogen) atoms. The van der Waals surface area contributed by atoms with E-state index in [1.165, 1.54) is 35.6 Å². The van der Waals surface area contributed by atoms with Gasteiger partial charge in [-0.15, -0.1) is 11.3 Å². The summed E-state index contributed by atoms with van der Waals surface area (Å²) in [5, 5.41) is 4.55. The molecule has 1 atom stereocenters. The van der Waals surface area contributed by atoms with Crippen LogP contribution in [0.15, 0.2) is 72.4 Å². The average molecular weight is 409 g/mol. The summed E-state index contributed by atoms with van der Waals surface area (Å²) in [6.45, 7) is 0. The highest BCUT2D eigenvalue weighted by Crippen LogP contribution is 2.21. The number of hydrogen-bond acceptors (Lipinski definition) is 5.